The van der Waals surface area contributed by atoms with E-state index in [0.29, 0.717) is 66.3 Å². The maximum atomic E-state index is 6.20. The predicted molar refractivity (Wildman–Crippen MR) is 211 cm³/mol. The summed E-state index contributed by atoms with van der Waals surface area (Å²) in [4.78, 5) is 38.6. The third kappa shape index (κ3) is 4.36. The van der Waals surface area contributed by atoms with Gasteiger partial charge in [0.25, 0.3) is 0 Å². The Balaban J connectivity index is 1.35. The Hall–Kier alpha value is -5.53. The molecular formula is C38H20N8S4. The van der Waals surface area contributed by atoms with E-state index in [2.05, 4.69) is 15.0 Å². The number of aromatic nitrogens is 3. The number of thiocarbonyl (C=S) groups is 4. The van der Waals surface area contributed by atoms with Crippen molar-refractivity contribution in [1.29, 1.82) is 0 Å². The van der Waals surface area contributed by atoms with Gasteiger partial charge in [-0.1, -0.05) is 122 Å². The number of allylic oxidation sites excluding steroid dienone is 8. The molecule has 0 spiro atoms. The maximum absolute atomic E-state index is 6.20. The number of hydrogen-bond acceptors (Lipinski definition) is 9. The van der Waals surface area contributed by atoms with Crippen molar-refractivity contribution in [3.63, 3.8) is 0 Å². The number of fused-ring (bicyclic) bond motifs is 18. The van der Waals surface area contributed by atoms with Crippen molar-refractivity contribution >= 4 is 110 Å². The maximum Gasteiger partial charge on any atom is 0.166 e. The Kier molecular flexibility index (Phi) is 6.46. The molecule has 8 bridgehead atoms. The van der Waals surface area contributed by atoms with E-state index < -0.39 is 0 Å². The van der Waals surface area contributed by atoms with Gasteiger partial charge in [0.2, 0.25) is 0 Å². The van der Waals surface area contributed by atoms with Crippen LogP contribution in [0.2, 0.25) is 0 Å². The molecule has 0 atom stereocenters. The number of nitrogens with zero attached hydrogens (tertiary/aromatic N) is 5. The Morgan fingerprint density at radius 3 is 2.18 bits per heavy atom. The summed E-state index contributed by atoms with van der Waals surface area (Å²) in [6.45, 7) is 0. The van der Waals surface area contributed by atoms with Crippen LogP contribution in [0.1, 0.15) is 34.2 Å². The van der Waals surface area contributed by atoms with Gasteiger partial charge in [0, 0.05) is 70.4 Å². The number of nitrogens with one attached hydrogen (secondary N) is 3. The van der Waals surface area contributed by atoms with Crippen LogP contribution in [-0.2, 0) is 0 Å². The Labute approximate surface area is 304 Å². The van der Waals surface area contributed by atoms with Gasteiger partial charge < -0.3 is 15.0 Å². The second-order valence-corrected chi connectivity index (χ2v) is 13.9. The molecule has 0 saturated heterocycles. The number of rotatable bonds is 1. The van der Waals surface area contributed by atoms with Crippen LogP contribution in [0.4, 0.5) is 11.6 Å². The lowest BCUT2D eigenvalue weighted by Crippen LogP contribution is -2.29. The van der Waals surface area contributed by atoms with Crippen molar-refractivity contribution in [3.8, 4) is 0 Å². The molecule has 50 heavy (non-hydrogen) atoms. The molecule has 0 saturated carbocycles. The third-order valence-corrected chi connectivity index (χ3v) is 10.7. The zero-order chi connectivity index (χ0) is 33.7. The Morgan fingerprint density at radius 1 is 0.580 bits per heavy atom. The first-order valence-electron chi connectivity index (χ1n) is 15.7. The zero-order valence-electron chi connectivity index (χ0n) is 25.7. The van der Waals surface area contributed by atoms with E-state index in [4.69, 9.17) is 73.8 Å². The average molecular weight is 717 g/mol. The van der Waals surface area contributed by atoms with Crippen LogP contribution < -0.4 is 32.4 Å². The number of aromatic amines is 3. The van der Waals surface area contributed by atoms with Gasteiger partial charge in [0.15, 0.2) is 11.7 Å². The van der Waals surface area contributed by atoms with Crippen molar-refractivity contribution in [3.05, 3.63) is 150 Å². The van der Waals surface area contributed by atoms with Crippen molar-refractivity contribution in [2.24, 2.45) is 25.0 Å². The first-order chi connectivity index (χ1) is 24.4. The predicted octanol–water partition coefficient (Wildman–Crippen LogP) is 4.12. The molecule has 8 nitrogen and oxygen atoms in total. The molecule has 0 amide bonds. The number of H-pyrrole nitrogens is 3. The summed E-state index contributed by atoms with van der Waals surface area (Å²) in [5.74, 6) is 2.03. The van der Waals surface area contributed by atoms with Crippen LogP contribution in [0.15, 0.2) is 115 Å². The fraction of sp³-hybridized carbons (Fsp3) is 0.0263. The first-order valence-corrected chi connectivity index (χ1v) is 17.4. The summed E-state index contributed by atoms with van der Waals surface area (Å²) in [7, 11) is 0. The van der Waals surface area contributed by atoms with Crippen LogP contribution in [0.25, 0.3) is 23.8 Å². The van der Waals surface area contributed by atoms with Gasteiger partial charge in [-0.3, -0.25) is 0 Å². The summed E-state index contributed by atoms with van der Waals surface area (Å²) in [6.07, 6.45) is 20.3. The molecule has 0 radical (unpaired) electrons. The lowest BCUT2D eigenvalue weighted by Gasteiger charge is -2.12. The monoisotopic (exact) mass is 716 g/mol. The normalized spacial score (nSPS) is 17.9. The van der Waals surface area contributed by atoms with Crippen molar-refractivity contribution in [2.45, 2.75) is 6.42 Å². The van der Waals surface area contributed by atoms with E-state index in [1.54, 1.807) is 0 Å². The second-order valence-electron chi connectivity index (χ2n) is 12.1. The van der Waals surface area contributed by atoms with Crippen LogP contribution in [0, 0.1) is 0 Å². The van der Waals surface area contributed by atoms with Crippen LogP contribution in [0.5, 0.6) is 0 Å². The van der Waals surface area contributed by atoms with E-state index in [-0.39, 0.29) is 0 Å². The third-order valence-electron chi connectivity index (χ3n) is 9.18. The number of benzene rings is 1. The molecular weight excluding hydrogens is 697 g/mol. The zero-order valence-corrected chi connectivity index (χ0v) is 29.0. The molecule has 236 valence electrons. The number of amidine groups is 1. The molecule has 6 aliphatic rings. The van der Waals surface area contributed by atoms with Gasteiger partial charge >= 0.3 is 0 Å². The van der Waals surface area contributed by atoms with Gasteiger partial charge in [-0.05, 0) is 23.8 Å². The highest BCUT2D eigenvalue weighted by Gasteiger charge is 2.29. The lowest BCUT2D eigenvalue weighted by molar-refractivity contribution is 1.06. The van der Waals surface area contributed by atoms with E-state index in [0.717, 1.165) is 59.8 Å². The van der Waals surface area contributed by atoms with E-state index in [9.17, 15) is 0 Å². The molecule has 1 aromatic carbocycles. The SMILES string of the molecule is S=C1C=CC=C2C3=NC(=C12)N=c1[nH]c(c2c1=CC=C(c1ccccc1)C2=S)N=c1[nH]c(c2c1=CC=CC2=S)N=c1[nH]c(c2c1C=CCC2=S)=N3. The van der Waals surface area contributed by atoms with Gasteiger partial charge in [-0.25, -0.2) is 25.0 Å². The van der Waals surface area contributed by atoms with Gasteiger partial charge in [0.05, 0.1) is 4.86 Å². The highest BCUT2D eigenvalue weighted by atomic mass is 32.1. The summed E-state index contributed by atoms with van der Waals surface area (Å²) in [6, 6.07) is 10.1. The van der Waals surface area contributed by atoms with Crippen molar-refractivity contribution in [1.82, 2.24) is 15.0 Å². The van der Waals surface area contributed by atoms with Crippen LogP contribution >= 0.6 is 48.9 Å². The quantitative estimate of drug-likeness (QED) is 0.258. The molecule has 4 aliphatic carbocycles. The van der Waals surface area contributed by atoms with Crippen molar-refractivity contribution < 1.29 is 0 Å². The summed E-state index contributed by atoms with van der Waals surface area (Å²) in [5.41, 5.74) is 8.96. The lowest BCUT2D eigenvalue weighted by atomic mass is 9.94. The minimum Gasteiger partial charge on any atom is -0.324 e. The molecule has 3 aromatic heterocycles. The molecule has 3 N–H and O–H groups in total. The first kappa shape index (κ1) is 29.4. The van der Waals surface area contributed by atoms with Gasteiger partial charge in [-0.2, -0.15) is 0 Å². The van der Waals surface area contributed by atoms with E-state index in [1.165, 1.54) is 0 Å². The van der Waals surface area contributed by atoms with Crippen LogP contribution in [-0.4, -0.2) is 40.2 Å². The second kappa shape index (κ2) is 11.0. The average Bonchev–Trinajstić information content (AvgIpc) is 3.85. The summed E-state index contributed by atoms with van der Waals surface area (Å²) < 4.78 is 0. The summed E-state index contributed by atoms with van der Waals surface area (Å²) >= 11 is 23.8. The van der Waals surface area contributed by atoms with Crippen molar-refractivity contribution in [2.75, 3.05) is 0 Å². The molecule has 2 aliphatic heterocycles. The highest BCUT2D eigenvalue weighted by molar-refractivity contribution is 7.82. The van der Waals surface area contributed by atoms with Crippen LogP contribution in [0.3, 0.4) is 0 Å². The number of hydrogen-bond donors (Lipinski definition) is 3. The van der Waals surface area contributed by atoms with Gasteiger partial charge in [0.1, 0.15) is 33.6 Å². The summed E-state index contributed by atoms with van der Waals surface area (Å²) in [5, 5.41) is 1.63. The largest absolute Gasteiger partial charge is 0.324 e. The highest BCUT2D eigenvalue weighted by Crippen LogP contribution is 2.32. The van der Waals surface area contributed by atoms with E-state index in [1.807, 2.05) is 91.1 Å². The fourth-order valence-electron chi connectivity index (χ4n) is 6.92. The van der Waals surface area contributed by atoms with E-state index >= 15 is 0 Å². The molecule has 0 fully saturated rings. The minimum atomic E-state index is 0.445. The smallest absolute Gasteiger partial charge is 0.166 e. The van der Waals surface area contributed by atoms with Gasteiger partial charge in [-0.15, -0.1) is 0 Å². The topological polar surface area (TPSA) is 109 Å². The molecule has 12 heteroatoms. The number of aliphatic imine (C=N–C) groups is 1. The molecule has 0 unspecified atom stereocenters. The standard InChI is InChI=1S/C38H20N8S4/c47-23-12-4-9-19-26(23)35-39-31(19)41-36-28-21(11-6-14-25(28)49)33(43-36)45-38-29-22(16-15-18(30(29)50)17-7-2-1-3-8-17)34(46-38)44-37-27-20(32(40-35)42-37)10-5-13-24(27)48/h1-11,13-16H,12H2,(H,43,45)(H,44,46)(H,39,40,41,42). The Morgan fingerprint density at radius 2 is 1.32 bits per heavy atom. The Bertz CT molecular complexity index is 3010. The fourth-order valence-corrected chi connectivity index (χ4v) is 8.18. The minimum absolute atomic E-state index is 0.445. The molecule has 5 heterocycles. The molecule has 10 rings (SSSR count). The molecule has 4 aromatic rings.